The molecule has 14 rings (SSSR count). The van der Waals surface area contributed by atoms with Crippen molar-refractivity contribution in [1.82, 2.24) is 25.9 Å². The molecular formula is C88H95BBrCl5N6O17S4. The van der Waals surface area contributed by atoms with E-state index in [1.807, 2.05) is 126 Å². The molecule has 34 heteroatoms. The third-order valence-corrected chi connectivity index (χ3v) is 23.6. The number of Topliss-reactive ketones (excluding diaryl/α,β-unsaturated/α-hetero) is 4. The lowest BCUT2D eigenvalue weighted by molar-refractivity contribution is -0.131. The Kier molecular flexibility index (Phi) is 39.1. The fourth-order valence-electron chi connectivity index (χ4n) is 11.7. The van der Waals surface area contributed by atoms with Crippen LogP contribution in [-0.4, -0.2) is 141 Å². The Morgan fingerprint density at radius 2 is 0.803 bits per heavy atom. The van der Waals surface area contributed by atoms with Crippen molar-refractivity contribution >= 4 is 191 Å². The standard InChI is InChI=1S/C23H19ClN2O3S.C20H22ClNO4S.C15H14ClNO2S.C14H17BrClNO3.C8H7NO2.C6H7BO3S.2CH4.ClH/c1-14(27)20-3-4-21(30-20)16-10-17-11-18(29-23(17)19(24)12-16)13-26-22(28)5-2-15-6-8-25-9-7-15;1-11(23)16-5-6-17(27-16)12-7-13-8-14(25-18(13)15(21)9-12)10-22-19(24)26-20(2,3)4;1-8(18)13-2-3-14(20-13)9-4-10-5-11(7-17)19-15(10)12(16)6-9;1-14(2,3)20-13(18)17-7-10-5-8-4-9(15)6-11(16)12(8)19-10;10-8(11)2-1-7-3-5-9-6-4-7;1-4(8)5-2-3-6(11-5)7(9)10;;;/h2-10,12,18H,11,13H2,1H3,(H,26,28);5-7,9,14H,8,10H2,1-4H3,(H,22,24);2-4,6,11H,5,7,17H2,1H3;4,6,10H,5,7H2,1-3H3,(H,17,18);1-6H,(H,10,11);2-3,9-10H,1H3;2*1H4;1H/b5-2+;;;;2-1+;;;;. The highest BCUT2D eigenvalue weighted by molar-refractivity contribution is 9.10. The van der Waals surface area contributed by atoms with Crippen LogP contribution in [0.15, 0.2) is 163 Å². The SMILES string of the molecule is C.C.CC(=O)c1ccc(-c2cc(Cl)c3c(c2)CC(CN)O3)s1.CC(=O)c1ccc(-c2cc(Cl)c3c(c2)CC(CNC(=O)/C=C/c2ccncc2)O3)s1.CC(=O)c1ccc(-c2cc(Cl)c3c(c2)CC(CNC(=O)OC(C)(C)C)O3)s1.CC(=O)c1ccc(B(O)O)s1.CC(C)(C)OC(=O)NCC1Cc2cc(Br)cc(Cl)c2O1.Cl.O=C(O)/C=C/c1ccncc1. The van der Waals surface area contributed by atoms with E-state index in [2.05, 4.69) is 47.9 Å². The van der Waals surface area contributed by atoms with Crippen LogP contribution in [0.25, 0.3) is 43.5 Å². The summed E-state index contributed by atoms with van der Waals surface area (Å²) in [6.07, 6.45) is 13.8. The number of hydrogen-bond donors (Lipinski definition) is 7. The van der Waals surface area contributed by atoms with Crippen molar-refractivity contribution in [2.75, 3.05) is 26.2 Å². The minimum Gasteiger partial charge on any atom is -0.487 e. The summed E-state index contributed by atoms with van der Waals surface area (Å²) in [5, 5.41) is 36.2. The number of hydrogen-bond acceptors (Lipinski definition) is 23. The van der Waals surface area contributed by atoms with E-state index in [9.17, 15) is 38.4 Å². The van der Waals surface area contributed by atoms with Gasteiger partial charge in [-0.1, -0.05) is 83.3 Å². The minimum atomic E-state index is -1.46. The summed E-state index contributed by atoms with van der Waals surface area (Å²) in [5.41, 5.74) is 13.4. The lowest BCUT2D eigenvalue weighted by Gasteiger charge is -2.20. The number of ether oxygens (including phenoxy) is 6. The molecule has 4 unspecified atom stereocenters. The summed E-state index contributed by atoms with van der Waals surface area (Å²) >= 11 is 34.1. The number of alkyl carbamates (subject to hydrolysis) is 2. The van der Waals surface area contributed by atoms with Gasteiger partial charge in [-0.05, 0) is 224 Å². The third-order valence-electron chi connectivity index (χ3n) is 17.1. The summed E-state index contributed by atoms with van der Waals surface area (Å²) < 4.78 is 35.1. The lowest BCUT2D eigenvalue weighted by atomic mass is 9.90. The molecule has 3 amide bonds. The van der Waals surface area contributed by atoms with Gasteiger partial charge in [0.05, 0.1) is 59.2 Å². The Labute approximate surface area is 760 Å². The van der Waals surface area contributed by atoms with E-state index < -0.39 is 36.5 Å². The zero-order chi connectivity index (χ0) is 86.6. The van der Waals surface area contributed by atoms with Gasteiger partial charge in [0.1, 0.15) is 58.6 Å². The number of carbonyl (C=O) groups excluding carboxylic acids is 7. The molecule has 4 aliphatic heterocycles. The average molecular weight is 1910 g/mol. The number of carboxylic acids is 1. The summed E-state index contributed by atoms with van der Waals surface area (Å²) in [7, 11) is -1.46. The maximum Gasteiger partial charge on any atom is 0.499 e. The predicted molar refractivity (Wildman–Crippen MR) is 496 cm³/mol. The van der Waals surface area contributed by atoms with E-state index in [0.29, 0.717) is 92.4 Å². The first kappa shape index (κ1) is 101. The number of carbonyl (C=O) groups is 8. The van der Waals surface area contributed by atoms with E-state index in [4.69, 9.17) is 95.7 Å². The van der Waals surface area contributed by atoms with Crippen LogP contribution in [0.3, 0.4) is 0 Å². The quantitative estimate of drug-likeness (QED) is 0.0225. The number of pyridine rings is 2. The molecule has 23 nitrogen and oxygen atoms in total. The number of amides is 3. The molecule has 648 valence electrons. The van der Waals surface area contributed by atoms with Gasteiger partial charge in [0, 0.05) is 115 Å². The second kappa shape index (κ2) is 47.0. The van der Waals surface area contributed by atoms with Gasteiger partial charge in [-0.15, -0.1) is 57.8 Å². The molecule has 4 aromatic carbocycles. The Balaban J connectivity index is 0.000000233. The molecule has 122 heavy (non-hydrogen) atoms. The van der Waals surface area contributed by atoms with E-state index in [0.717, 1.165) is 113 Å². The summed E-state index contributed by atoms with van der Waals surface area (Å²) in [4.78, 5) is 104. The van der Waals surface area contributed by atoms with Crippen LogP contribution in [0, 0.1) is 0 Å². The molecule has 0 fully saturated rings. The van der Waals surface area contributed by atoms with Crippen LogP contribution in [0.5, 0.6) is 23.0 Å². The molecule has 8 N–H and O–H groups in total. The highest BCUT2D eigenvalue weighted by atomic mass is 79.9. The maximum atomic E-state index is 12.1. The van der Waals surface area contributed by atoms with Crippen LogP contribution >= 0.6 is 120 Å². The Hall–Kier alpha value is -9.31. The van der Waals surface area contributed by atoms with Gasteiger partial charge < -0.3 is 65.3 Å². The highest BCUT2D eigenvalue weighted by Crippen LogP contribution is 2.45. The summed E-state index contributed by atoms with van der Waals surface area (Å²) in [6.45, 7) is 18.6. The van der Waals surface area contributed by atoms with E-state index in [1.165, 1.54) is 59.2 Å². The lowest BCUT2D eigenvalue weighted by Crippen LogP contribution is -2.38. The molecule has 0 spiro atoms. The first-order valence-electron chi connectivity index (χ1n) is 37.1. The number of nitrogens with zero attached hydrogens (tertiary/aromatic N) is 2. The number of halogens is 6. The van der Waals surface area contributed by atoms with Crippen LogP contribution < -0.4 is 45.4 Å². The number of carboxylic acid groups (broad SMARTS) is 1. The summed E-state index contributed by atoms with van der Waals surface area (Å²) in [6, 6.07) is 37.1. The van der Waals surface area contributed by atoms with Crippen molar-refractivity contribution < 1.29 is 81.9 Å². The molecule has 0 bridgehead atoms. The number of aromatic nitrogens is 2. The second-order valence-corrected chi connectivity index (χ2v) is 36.0. The maximum absolute atomic E-state index is 12.1. The fourth-order valence-corrected chi connectivity index (χ4v) is 16.9. The third kappa shape index (κ3) is 30.9. The largest absolute Gasteiger partial charge is 0.499 e. The van der Waals surface area contributed by atoms with Gasteiger partial charge in [-0.25, -0.2) is 14.4 Å². The van der Waals surface area contributed by atoms with Gasteiger partial charge in [0.2, 0.25) is 5.91 Å². The minimum absolute atomic E-state index is 0. The zero-order valence-electron chi connectivity index (χ0n) is 66.7. The molecule has 0 aliphatic carbocycles. The predicted octanol–water partition coefficient (Wildman–Crippen LogP) is 19.9. The molecule has 0 saturated heterocycles. The molecule has 6 aromatic heterocycles. The first-order chi connectivity index (χ1) is 56.3. The number of rotatable bonds is 19. The molecule has 0 saturated carbocycles. The van der Waals surface area contributed by atoms with Crippen molar-refractivity contribution in [1.29, 1.82) is 0 Å². The number of nitrogens with two attached hydrogens (primary N) is 1. The van der Waals surface area contributed by atoms with Crippen molar-refractivity contribution in [3.8, 4) is 54.3 Å². The van der Waals surface area contributed by atoms with E-state index in [1.54, 1.807) is 75.9 Å². The number of thiophene rings is 4. The van der Waals surface area contributed by atoms with Crippen molar-refractivity contribution in [2.45, 2.75) is 145 Å². The van der Waals surface area contributed by atoms with E-state index >= 15 is 0 Å². The van der Waals surface area contributed by atoms with E-state index in [-0.39, 0.29) is 80.7 Å². The fraction of sp³-hybridized carbons (Fsp3) is 0.295. The first-order valence-corrected chi connectivity index (χ1v) is 42.6. The van der Waals surface area contributed by atoms with Crippen LogP contribution in [0.2, 0.25) is 20.1 Å². The Bertz CT molecular complexity index is 5380. The summed E-state index contributed by atoms with van der Waals surface area (Å²) in [5.74, 6) is 1.76. The number of nitrogens with one attached hydrogen (secondary N) is 3. The molecule has 0 radical (unpaired) electrons. The van der Waals surface area contributed by atoms with Gasteiger partial charge in [0.15, 0.2) is 23.1 Å². The Morgan fingerprint density at radius 1 is 0.484 bits per heavy atom. The van der Waals surface area contributed by atoms with Gasteiger partial charge >= 0.3 is 25.3 Å². The zero-order valence-corrected chi connectivity index (χ0v) is 75.4. The number of aliphatic carboxylic acids is 1. The van der Waals surface area contributed by atoms with Crippen LogP contribution in [-0.2, 0) is 44.7 Å². The van der Waals surface area contributed by atoms with Gasteiger partial charge in [-0.2, -0.15) is 0 Å². The number of benzene rings is 4. The smallest absolute Gasteiger partial charge is 0.487 e. The van der Waals surface area contributed by atoms with Crippen molar-refractivity contribution in [3.05, 3.63) is 236 Å². The van der Waals surface area contributed by atoms with Crippen molar-refractivity contribution in [2.24, 2.45) is 5.73 Å². The van der Waals surface area contributed by atoms with Gasteiger partial charge in [0.25, 0.3) is 0 Å². The van der Waals surface area contributed by atoms with Gasteiger partial charge in [-0.3, -0.25) is 33.9 Å². The monoisotopic (exact) mass is 1900 g/mol. The average Bonchev–Trinajstić information content (AvgIpc) is 1.65. The topological polar surface area (TPSA) is 341 Å². The molecule has 4 atom stereocenters. The second-order valence-electron chi connectivity index (χ2n) is 29.1. The van der Waals surface area contributed by atoms with Crippen LogP contribution in [0.4, 0.5) is 9.59 Å². The molecule has 4 aliphatic rings. The molecule has 10 aromatic rings. The normalized spacial score (nSPS) is 14.6. The molecular weight excluding hydrogens is 1810 g/mol. The number of fused-ring (bicyclic) bond motifs is 4. The molecule has 10 heterocycles. The van der Waals surface area contributed by atoms with Crippen molar-refractivity contribution in [3.63, 3.8) is 0 Å². The number of ketones is 4. The Morgan fingerprint density at radius 3 is 1.12 bits per heavy atom. The highest BCUT2D eigenvalue weighted by Gasteiger charge is 2.32. The van der Waals surface area contributed by atoms with Crippen LogP contribution in [0.1, 0.15) is 156 Å².